The van der Waals surface area contributed by atoms with Crippen molar-refractivity contribution in [1.82, 2.24) is 5.01 Å². The van der Waals surface area contributed by atoms with Crippen LogP contribution in [0.4, 0.5) is 0 Å². The Morgan fingerprint density at radius 2 is 1.76 bits per heavy atom. The molecule has 0 unspecified atom stereocenters. The molecule has 0 radical (unpaired) electrons. The van der Waals surface area contributed by atoms with Crippen molar-refractivity contribution in [2.24, 2.45) is 5.10 Å². The van der Waals surface area contributed by atoms with Gasteiger partial charge in [0.2, 0.25) is 6.23 Å². The van der Waals surface area contributed by atoms with E-state index in [1.165, 1.54) is 11.1 Å². The Labute approximate surface area is 171 Å². The summed E-state index contributed by atoms with van der Waals surface area (Å²) in [6.45, 7) is 4.76. The highest BCUT2D eigenvalue weighted by molar-refractivity contribution is 6.02. The molecule has 2 atom stereocenters. The third kappa shape index (κ3) is 3.25. The molecule has 4 heteroatoms. The Bertz CT molecular complexity index is 1040. The van der Waals surface area contributed by atoms with E-state index in [1.54, 1.807) is 0 Å². The summed E-state index contributed by atoms with van der Waals surface area (Å²) in [4.78, 5) is 0. The molecule has 3 aromatic rings. The van der Waals surface area contributed by atoms with Crippen LogP contribution in [0.1, 0.15) is 47.9 Å². The Hall–Kier alpha value is -3.27. The van der Waals surface area contributed by atoms with Gasteiger partial charge in [-0.1, -0.05) is 48.0 Å². The van der Waals surface area contributed by atoms with E-state index in [-0.39, 0.29) is 12.3 Å². The number of para-hydroxylation sites is 1. The summed E-state index contributed by atoms with van der Waals surface area (Å²) in [5, 5.41) is 7.14. The smallest absolute Gasteiger partial charge is 0.213 e. The normalized spacial score (nSPS) is 19.8. The maximum absolute atomic E-state index is 6.41. The summed E-state index contributed by atoms with van der Waals surface area (Å²) in [7, 11) is 0. The van der Waals surface area contributed by atoms with Crippen LogP contribution in [0.15, 0.2) is 77.9 Å². The third-order valence-corrected chi connectivity index (χ3v) is 5.56. The highest BCUT2D eigenvalue weighted by Gasteiger charge is 2.40. The van der Waals surface area contributed by atoms with Gasteiger partial charge in [0, 0.05) is 17.5 Å². The Morgan fingerprint density at radius 1 is 1.00 bits per heavy atom. The van der Waals surface area contributed by atoms with Crippen LogP contribution in [0.25, 0.3) is 0 Å². The lowest BCUT2D eigenvalue weighted by Crippen LogP contribution is -2.33. The van der Waals surface area contributed by atoms with Crippen LogP contribution in [0.2, 0.25) is 0 Å². The first kappa shape index (κ1) is 17.8. The van der Waals surface area contributed by atoms with Crippen molar-refractivity contribution < 1.29 is 9.47 Å². The standard InChI is InChI=1S/C25H24N2O2/c1-3-28-20-14-12-18(13-15-20)22-16-23-21-6-4-5-7-24(21)29-25(27(23)26-22)19-10-8-17(2)9-11-19/h4-15,23,25H,3,16H2,1-2H3/t23-,25+/m0/s1. The van der Waals surface area contributed by atoms with Crippen LogP contribution in [-0.2, 0) is 0 Å². The number of aryl methyl sites for hydroxylation is 1. The second-order valence-electron chi connectivity index (χ2n) is 7.52. The first-order chi connectivity index (χ1) is 14.2. The van der Waals surface area contributed by atoms with Gasteiger partial charge in [-0.25, -0.2) is 5.01 Å². The van der Waals surface area contributed by atoms with Crippen LogP contribution < -0.4 is 9.47 Å². The molecule has 5 rings (SSSR count). The van der Waals surface area contributed by atoms with E-state index < -0.39 is 0 Å². The lowest BCUT2D eigenvalue weighted by Gasteiger charge is -2.38. The van der Waals surface area contributed by atoms with E-state index in [1.807, 2.05) is 25.1 Å². The molecule has 146 valence electrons. The molecule has 0 N–H and O–H groups in total. The first-order valence-electron chi connectivity index (χ1n) is 10.1. The number of hydrogen-bond donors (Lipinski definition) is 0. The Morgan fingerprint density at radius 3 is 2.52 bits per heavy atom. The van der Waals surface area contributed by atoms with Crippen molar-refractivity contribution in [2.75, 3.05) is 6.61 Å². The van der Waals surface area contributed by atoms with Gasteiger partial charge >= 0.3 is 0 Å². The van der Waals surface area contributed by atoms with Gasteiger partial charge in [-0.05, 0) is 49.7 Å². The molecule has 4 nitrogen and oxygen atoms in total. The summed E-state index contributed by atoms with van der Waals surface area (Å²) < 4.78 is 12.0. The van der Waals surface area contributed by atoms with E-state index in [4.69, 9.17) is 14.6 Å². The maximum Gasteiger partial charge on any atom is 0.213 e. The van der Waals surface area contributed by atoms with Crippen molar-refractivity contribution in [3.8, 4) is 11.5 Å². The van der Waals surface area contributed by atoms with E-state index >= 15 is 0 Å². The third-order valence-electron chi connectivity index (χ3n) is 5.56. The Kier molecular flexibility index (Phi) is 4.47. The van der Waals surface area contributed by atoms with Crippen LogP contribution >= 0.6 is 0 Å². The Balaban J connectivity index is 1.52. The molecule has 0 saturated carbocycles. The van der Waals surface area contributed by atoms with Crippen molar-refractivity contribution in [2.45, 2.75) is 32.5 Å². The summed E-state index contributed by atoms with van der Waals surface area (Å²) in [6.07, 6.45) is 0.632. The van der Waals surface area contributed by atoms with E-state index in [2.05, 4.69) is 66.5 Å². The largest absolute Gasteiger partial charge is 0.494 e. The predicted molar refractivity (Wildman–Crippen MR) is 114 cm³/mol. The molecule has 3 aromatic carbocycles. The molecule has 0 aromatic heterocycles. The van der Waals surface area contributed by atoms with Crippen LogP contribution in [0.5, 0.6) is 11.5 Å². The van der Waals surface area contributed by atoms with Gasteiger partial charge in [0.05, 0.1) is 18.4 Å². The van der Waals surface area contributed by atoms with Gasteiger partial charge in [0.25, 0.3) is 0 Å². The minimum atomic E-state index is -0.226. The van der Waals surface area contributed by atoms with Gasteiger partial charge < -0.3 is 9.47 Å². The number of hydrogen-bond acceptors (Lipinski definition) is 4. The second-order valence-corrected chi connectivity index (χ2v) is 7.52. The monoisotopic (exact) mass is 384 g/mol. The fourth-order valence-electron chi connectivity index (χ4n) is 4.07. The van der Waals surface area contributed by atoms with Gasteiger partial charge in [0.15, 0.2) is 0 Å². The number of benzene rings is 3. The van der Waals surface area contributed by atoms with Crippen molar-refractivity contribution in [3.05, 3.63) is 95.1 Å². The number of rotatable bonds is 4. The average Bonchev–Trinajstić information content (AvgIpc) is 3.20. The summed E-state index contributed by atoms with van der Waals surface area (Å²) in [5.74, 6) is 1.83. The molecule has 2 heterocycles. The zero-order valence-corrected chi connectivity index (χ0v) is 16.7. The first-order valence-corrected chi connectivity index (χ1v) is 10.1. The van der Waals surface area contributed by atoms with E-state index in [0.717, 1.165) is 34.8 Å². The van der Waals surface area contributed by atoms with Crippen LogP contribution in [0.3, 0.4) is 0 Å². The fraction of sp³-hybridized carbons (Fsp3) is 0.240. The van der Waals surface area contributed by atoms with Crippen LogP contribution in [0, 0.1) is 6.92 Å². The number of hydrazone groups is 1. The lowest BCUT2D eigenvalue weighted by molar-refractivity contribution is -0.0190. The molecule has 2 aliphatic heterocycles. The minimum absolute atomic E-state index is 0.174. The molecule has 0 fully saturated rings. The molecular weight excluding hydrogens is 360 g/mol. The van der Waals surface area contributed by atoms with Gasteiger partial charge in [-0.3, -0.25) is 0 Å². The zero-order valence-electron chi connectivity index (χ0n) is 16.7. The SMILES string of the molecule is CCOc1ccc(C2=NN3[C@@H](c4ccc(C)cc4)Oc4ccccc4[C@@H]3C2)cc1. The minimum Gasteiger partial charge on any atom is -0.494 e. The zero-order chi connectivity index (χ0) is 19.8. The molecule has 0 bridgehead atoms. The lowest BCUT2D eigenvalue weighted by atomic mass is 9.96. The molecule has 0 amide bonds. The number of ether oxygens (including phenoxy) is 2. The molecule has 0 saturated heterocycles. The molecule has 0 spiro atoms. The summed E-state index contributed by atoms with van der Waals surface area (Å²) in [6, 6.07) is 25.2. The second kappa shape index (κ2) is 7.28. The number of fused-ring (bicyclic) bond motifs is 3. The summed E-state index contributed by atoms with van der Waals surface area (Å²) in [5.41, 5.74) is 5.76. The van der Waals surface area contributed by atoms with E-state index in [0.29, 0.717) is 6.61 Å². The highest BCUT2D eigenvalue weighted by Crippen LogP contribution is 2.47. The average molecular weight is 384 g/mol. The van der Waals surface area contributed by atoms with Crippen LogP contribution in [-0.4, -0.2) is 17.3 Å². The topological polar surface area (TPSA) is 34.1 Å². The highest BCUT2D eigenvalue weighted by atomic mass is 16.5. The summed E-state index contributed by atoms with van der Waals surface area (Å²) >= 11 is 0. The predicted octanol–water partition coefficient (Wildman–Crippen LogP) is 5.64. The maximum atomic E-state index is 6.41. The van der Waals surface area contributed by atoms with Crippen molar-refractivity contribution >= 4 is 5.71 Å². The van der Waals surface area contributed by atoms with Crippen molar-refractivity contribution in [1.29, 1.82) is 0 Å². The van der Waals surface area contributed by atoms with Crippen molar-refractivity contribution in [3.63, 3.8) is 0 Å². The molecular formula is C25H24N2O2. The van der Waals surface area contributed by atoms with Gasteiger partial charge in [-0.2, -0.15) is 5.10 Å². The number of nitrogens with zero attached hydrogens (tertiary/aromatic N) is 2. The quantitative estimate of drug-likeness (QED) is 0.584. The molecule has 2 aliphatic rings. The van der Waals surface area contributed by atoms with Gasteiger partial charge in [-0.15, -0.1) is 0 Å². The molecule has 29 heavy (non-hydrogen) atoms. The fourth-order valence-corrected chi connectivity index (χ4v) is 4.07. The van der Waals surface area contributed by atoms with Gasteiger partial charge in [0.1, 0.15) is 11.5 Å². The van der Waals surface area contributed by atoms with E-state index in [9.17, 15) is 0 Å². The molecule has 0 aliphatic carbocycles.